The molecule has 0 amide bonds. The van der Waals surface area contributed by atoms with Crippen molar-refractivity contribution in [2.75, 3.05) is 63.9 Å². The average molecular weight is 441 g/mol. The monoisotopic (exact) mass is 440 g/mol. The Morgan fingerprint density at radius 2 is 2.00 bits per heavy atom. The molecule has 164 valence electrons. The summed E-state index contributed by atoms with van der Waals surface area (Å²) < 4.78 is 5.56. The molecule has 5 heterocycles. The number of rotatable bonds is 5. The third kappa shape index (κ3) is 4.16. The number of dihydropyridines is 1. The summed E-state index contributed by atoms with van der Waals surface area (Å²) >= 11 is 1.73. The summed E-state index contributed by atoms with van der Waals surface area (Å²) in [6.07, 6.45) is 3.17. The van der Waals surface area contributed by atoms with Crippen molar-refractivity contribution in [2.24, 2.45) is 5.73 Å². The summed E-state index contributed by atoms with van der Waals surface area (Å²) in [6.45, 7) is 8.67. The summed E-state index contributed by atoms with van der Waals surface area (Å²) in [5, 5.41) is 15.5. The van der Waals surface area contributed by atoms with E-state index in [4.69, 9.17) is 25.8 Å². The van der Waals surface area contributed by atoms with Gasteiger partial charge in [-0.25, -0.2) is 9.97 Å². The van der Waals surface area contributed by atoms with Crippen LogP contribution in [0.4, 0.5) is 5.82 Å². The Labute approximate surface area is 185 Å². The van der Waals surface area contributed by atoms with E-state index >= 15 is 0 Å². The highest BCUT2D eigenvalue weighted by atomic mass is 32.1. The van der Waals surface area contributed by atoms with Crippen LogP contribution in [0, 0.1) is 5.41 Å². The first-order valence-electron chi connectivity index (χ1n) is 10.7. The molecule has 2 fully saturated rings. The third-order valence-electron chi connectivity index (χ3n) is 5.88. The molecule has 3 aliphatic heterocycles. The van der Waals surface area contributed by atoms with Gasteiger partial charge in [0.15, 0.2) is 5.82 Å². The van der Waals surface area contributed by atoms with Crippen LogP contribution in [0.5, 0.6) is 0 Å². The standard InChI is InChI=1S/C21H28N8OS/c22-10-16-17(11-25-12-18(16)23)19-26-20(29-5-7-30-8-6-29)15-9-14(31-21(15)27-19)13-28-3-1-24-2-4-28/h9-11,22,24-25H,1-8,12-13,23H2. The van der Waals surface area contributed by atoms with Crippen molar-refractivity contribution in [1.29, 1.82) is 5.41 Å². The maximum atomic E-state index is 7.85. The zero-order valence-corrected chi connectivity index (χ0v) is 18.3. The van der Waals surface area contributed by atoms with Gasteiger partial charge in [0.2, 0.25) is 0 Å². The zero-order chi connectivity index (χ0) is 21.2. The van der Waals surface area contributed by atoms with Crippen LogP contribution in [0.3, 0.4) is 0 Å². The number of nitrogens with one attached hydrogen (secondary N) is 3. The molecule has 0 saturated carbocycles. The number of morpholine rings is 1. The molecule has 0 aromatic carbocycles. The predicted molar refractivity (Wildman–Crippen MR) is 125 cm³/mol. The Kier molecular flexibility index (Phi) is 5.86. The lowest BCUT2D eigenvalue weighted by molar-refractivity contribution is 0.122. The molecule has 2 saturated heterocycles. The van der Waals surface area contributed by atoms with E-state index in [0.29, 0.717) is 36.9 Å². The maximum Gasteiger partial charge on any atom is 0.165 e. The Morgan fingerprint density at radius 1 is 1.19 bits per heavy atom. The van der Waals surface area contributed by atoms with Crippen molar-refractivity contribution >= 4 is 39.2 Å². The molecule has 31 heavy (non-hydrogen) atoms. The number of nitrogens with zero attached hydrogens (tertiary/aromatic N) is 4. The van der Waals surface area contributed by atoms with Crippen LogP contribution in [-0.2, 0) is 11.3 Å². The number of aromatic nitrogens is 2. The second-order valence-corrected chi connectivity index (χ2v) is 9.07. The first-order chi connectivity index (χ1) is 15.2. The summed E-state index contributed by atoms with van der Waals surface area (Å²) in [6, 6.07) is 2.26. The fraction of sp³-hybridized carbons (Fsp3) is 0.476. The normalized spacial score (nSPS) is 20.6. The molecule has 0 radical (unpaired) electrons. The van der Waals surface area contributed by atoms with Gasteiger partial charge < -0.3 is 31.4 Å². The van der Waals surface area contributed by atoms with Gasteiger partial charge in [-0.15, -0.1) is 11.3 Å². The molecule has 0 atom stereocenters. The van der Waals surface area contributed by atoms with E-state index in [1.165, 1.54) is 11.1 Å². The molecule has 9 nitrogen and oxygen atoms in total. The summed E-state index contributed by atoms with van der Waals surface area (Å²) in [7, 11) is 0. The second kappa shape index (κ2) is 8.91. The number of allylic oxidation sites excluding steroid dienone is 2. The molecule has 0 aliphatic carbocycles. The van der Waals surface area contributed by atoms with E-state index in [0.717, 1.165) is 67.4 Å². The lowest BCUT2D eigenvalue weighted by atomic mass is 10.0. The van der Waals surface area contributed by atoms with Gasteiger partial charge in [-0.2, -0.15) is 0 Å². The Morgan fingerprint density at radius 3 is 2.77 bits per heavy atom. The van der Waals surface area contributed by atoms with Crippen LogP contribution in [0.15, 0.2) is 23.5 Å². The van der Waals surface area contributed by atoms with Crippen LogP contribution < -0.4 is 21.3 Å². The van der Waals surface area contributed by atoms with Crippen molar-refractivity contribution in [2.45, 2.75) is 6.54 Å². The van der Waals surface area contributed by atoms with Crippen molar-refractivity contribution in [1.82, 2.24) is 25.5 Å². The van der Waals surface area contributed by atoms with Crippen molar-refractivity contribution in [3.8, 4) is 0 Å². The minimum absolute atomic E-state index is 0.528. The molecule has 5 rings (SSSR count). The molecule has 3 aliphatic rings. The quantitative estimate of drug-likeness (QED) is 0.503. The zero-order valence-electron chi connectivity index (χ0n) is 17.5. The van der Waals surface area contributed by atoms with Gasteiger partial charge in [-0.05, 0) is 6.07 Å². The number of ether oxygens (including phenoxy) is 1. The number of fused-ring (bicyclic) bond motifs is 1. The van der Waals surface area contributed by atoms with Crippen LogP contribution >= 0.6 is 11.3 Å². The number of nitrogens with two attached hydrogens (primary N) is 1. The number of anilines is 1. The van der Waals surface area contributed by atoms with E-state index in [1.807, 2.05) is 6.20 Å². The number of thiophene rings is 1. The second-order valence-electron chi connectivity index (χ2n) is 7.95. The van der Waals surface area contributed by atoms with E-state index in [9.17, 15) is 0 Å². The van der Waals surface area contributed by atoms with Crippen LogP contribution in [0.2, 0.25) is 0 Å². The number of piperazine rings is 1. The molecule has 2 aromatic heterocycles. The summed E-state index contributed by atoms with van der Waals surface area (Å²) in [5.74, 6) is 1.55. The summed E-state index contributed by atoms with van der Waals surface area (Å²) in [5.41, 5.74) is 8.24. The van der Waals surface area contributed by atoms with Crippen molar-refractivity contribution < 1.29 is 4.74 Å². The van der Waals surface area contributed by atoms with E-state index in [-0.39, 0.29) is 0 Å². The Hall–Kier alpha value is -2.53. The van der Waals surface area contributed by atoms with Crippen LogP contribution in [0.25, 0.3) is 15.8 Å². The fourth-order valence-electron chi connectivity index (χ4n) is 4.22. The van der Waals surface area contributed by atoms with Crippen LogP contribution in [-0.4, -0.2) is 80.1 Å². The van der Waals surface area contributed by atoms with E-state index in [2.05, 4.69) is 26.5 Å². The first kappa shape index (κ1) is 20.4. The van der Waals surface area contributed by atoms with Gasteiger partial charge in [-0.1, -0.05) is 0 Å². The van der Waals surface area contributed by atoms with Gasteiger partial charge in [-0.3, -0.25) is 4.90 Å². The smallest absolute Gasteiger partial charge is 0.165 e. The molecule has 10 heteroatoms. The molecule has 0 spiro atoms. The molecule has 0 bridgehead atoms. The molecule has 2 aromatic rings. The van der Waals surface area contributed by atoms with Crippen LogP contribution in [0.1, 0.15) is 10.7 Å². The first-order valence-corrected chi connectivity index (χ1v) is 11.5. The predicted octanol–water partition coefficient (Wildman–Crippen LogP) is 0.740. The van der Waals surface area contributed by atoms with Gasteiger partial charge in [0, 0.05) is 79.9 Å². The molecule has 5 N–H and O–H groups in total. The summed E-state index contributed by atoms with van der Waals surface area (Å²) in [4.78, 5) is 16.9. The minimum atomic E-state index is 0.528. The molecular formula is C21H28N8OS. The number of hydrogen-bond acceptors (Lipinski definition) is 10. The lowest BCUT2D eigenvalue weighted by Crippen LogP contribution is -2.42. The maximum absolute atomic E-state index is 7.85. The van der Waals surface area contributed by atoms with Gasteiger partial charge in [0.25, 0.3) is 0 Å². The Balaban J connectivity index is 1.57. The van der Waals surface area contributed by atoms with E-state index < -0.39 is 0 Å². The highest BCUT2D eigenvalue weighted by Gasteiger charge is 2.23. The number of hydrogen-bond donors (Lipinski definition) is 4. The average Bonchev–Trinajstić information content (AvgIpc) is 3.21. The topological polar surface area (TPSA) is 115 Å². The molecular weight excluding hydrogens is 412 g/mol. The molecule has 0 unspecified atom stereocenters. The van der Waals surface area contributed by atoms with Gasteiger partial charge >= 0.3 is 0 Å². The highest BCUT2D eigenvalue weighted by Crippen LogP contribution is 2.34. The highest BCUT2D eigenvalue weighted by molar-refractivity contribution is 7.18. The largest absolute Gasteiger partial charge is 0.400 e. The minimum Gasteiger partial charge on any atom is -0.400 e. The van der Waals surface area contributed by atoms with Crippen molar-refractivity contribution in [3.63, 3.8) is 0 Å². The SMILES string of the molecule is N=CC1=C(N)CNC=C1c1nc(N2CCOCC2)c2cc(CN3CCNCC3)sc2n1. The Bertz CT molecular complexity index is 1030. The third-order valence-corrected chi connectivity index (χ3v) is 6.90. The van der Waals surface area contributed by atoms with E-state index in [1.54, 1.807) is 11.3 Å². The van der Waals surface area contributed by atoms with Crippen molar-refractivity contribution in [3.05, 3.63) is 34.2 Å². The van der Waals surface area contributed by atoms with Gasteiger partial charge in [0.05, 0.1) is 25.1 Å². The fourth-order valence-corrected chi connectivity index (χ4v) is 5.29. The van der Waals surface area contributed by atoms with Gasteiger partial charge in [0.1, 0.15) is 10.6 Å². The lowest BCUT2D eigenvalue weighted by Gasteiger charge is -2.29.